The summed E-state index contributed by atoms with van der Waals surface area (Å²) in [6, 6.07) is 10.2. The largest absolute Gasteiger partial charge is 0.392 e. The lowest BCUT2D eigenvalue weighted by atomic mass is 10.2. The summed E-state index contributed by atoms with van der Waals surface area (Å²) in [5, 5.41) is 15.4. The lowest BCUT2D eigenvalue weighted by molar-refractivity contribution is 0.102. The lowest BCUT2D eigenvalue weighted by Gasteiger charge is -2.09. The monoisotopic (exact) mass is 305 g/mol. The van der Waals surface area contributed by atoms with E-state index in [1.807, 2.05) is 0 Å². The molecule has 6 heteroatoms. The minimum absolute atomic E-state index is 0.246. The van der Waals surface area contributed by atoms with Gasteiger partial charge >= 0.3 is 0 Å². The van der Waals surface area contributed by atoms with Crippen molar-refractivity contribution < 1.29 is 9.90 Å². The molecule has 1 atom stereocenters. The van der Waals surface area contributed by atoms with E-state index < -0.39 is 6.10 Å². The fourth-order valence-corrected chi connectivity index (χ4v) is 1.85. The maximum absolute atomic E-state index is 12.0. The summed E-state index contributed by atoms with van der Waals surface area (Å²) in [6.07, 6.45) is 1.10. The number of hydrogen-bond donors (Lipinski definition) is 3. The predicted molar refractivity (Wildman–Crippen MR) is 83.8 cm³/mol. The van der Waals surface area contributed by atoms with Gasteiger partial charge < -0.3 is 15.7 Å². The number of halogens is 1. The van der Waals surface area contributed by atoms with Crippen molar-refractivity contribution in [3.8, 4) is 0 Å². The molecule has 0 spiro atoms. The van der Waals surface area contributed by atoms with E-state index in [-0.39, 0.29) is 5.91 Å². The number of nitrogens with zero attached hydrogens (tertiary/aromatic N) is 1. The van der Waals surface area contributed by atoms with E-state index in [2.05, 4.69) is 15.6 Å². The van der Waals surface area contributed by atoms with Crippen molar-refractivity contribution in [1.29, 1.82) is 0 Å². The molecule has 0 radical (unpaired) electrons. The molecule has 3 N–H and O–H groups in total. The molecule has 0 fully saturated rings. The number of aliphatic hydroxyl groups is 1. The summed E-state index contributed by atoms with van der Waals surface area (Å²) < 4.78 is 0. The number of amides is 1. The smallest absolute Gasteiger partial charge is 0.255 e. The molecule has 1 amide bonds. The summed E-state index contributed by atoms with van der Waals surface area (Å²) >= 11 is 5.85. The molecule has 1 aromatic heterocycles. The van der Waals surface area contributed by atoms with Crippen LogP contribution in [0.15, 0.2) is 42.6 Å². The van der Waals surface area contributed by atoms with Crippen molar-refractivity contribution in [3.63, 3.8) is 0 Å². The van der Waals surface area contributed by atoms with E-state index in [4.69, 9.17) is 11.6 Å². The van der Waals surface area contributed by atoms with Gasteiger partial charge in [-0.25, -0.2) is 4.98 Å². The highest BCUT2D eigenvalue weighted by atomic mass is 35.5. The van der Waals surface area contributed by atoms with Crippen LogP contribution in [-0.2, 0) is 0 Å². The first-order valence-electron chi connectivity index (χ1n) is 6.49. The maximum Gasteiger partial charge on any atom is 0.255 e. The SMILES string of the molecule is CC(O)CNc1ccc(NC(=O)c2cccc(Cl)c2)cn1. The van der Waals surface area contributed by atoms with Crippen LogP contribution in [0, 0.1) is 0 Å². The molecule has 110 valence electrons. The third kappa shape index (κ3) is 4.73. The van der Waals surface area contributed by atoms with Crippen LogP contribution in [0.1, 0.15) is 17.3 Å². The zero-order valence-electron chi connectivity index (χ0n) is 11.5. The fourth-order valence-electron chi connectivity index (χ4n) is 1.66. The number of pyridine rings is 1. The summed E-state index contributed by atoms with van der Waals surface area (Å²) in [5.74, 6) is 0.389. The van der Waals surface area contributed by atoms with Gasteiger partial charge in [-0.2, -0.15) is 0 Å². The van der Waals surface area contributed by atoms with Crippen LogP contribution >= 0.6 is 11.6 Å². The Morgan fingerprint density at radius 2 is 2.19 bits per heavy atom. The third-order valence-corrected chi connectivity index (χ3v) is 2.92. The molecule has 1 heterocycles. The highest BCUT2D eigenvalue weighted by molar-refractivity contribution is 6.31. The second-order valence-electron chi connectivity index (χ2n) is 4.63. The van der Waals surface area contributed by atoms with E-state index in [1.165, 1.54) is 0 Å². The zero-order chi connectivity index (χ0) is 15.2. The number of rotatable bonds is 5. The second-order valence-corrected chi connectivity index (χ2v) is 5.06. The Labute approximate surface area is 128 Å². The van der Waals surface area contributed by atoms with E-state index in [9.17, 15) is 9.90 Å². The predicted octanol–water partition coefficient (Wildman–Crippen LogP) is 2.78. The van der Waals surface area contributed by atoms with Crippen LogP contribution in [0.25, 0.3) is 0 Å². The number of benzene rings is 1. The van der Waals surface area contributed by atoms with Gasteiger partial charge in [-0.1, -0.05) is 17.7 Å². The number of anilines is 2. The lowest BCUT2D eigenvalue weighted by Crippen LogP contribution is -2.16. The Morgan fingerprint density at radius 3 is 2.81 bits per heavy atom. The van der Waals surface area contributed by atoms with Gasteiger partial charge in [0.2, 0.25) is 0 Å². The molecule has 2 aromatic rings. The summed E-state index contributed by atoms with van der Waals surface area (Å²) in [7, 11) is 0. The topological polar surface area (TPSA) is 74.2 Å². The van der Waals surface area contributed by atoms with Gasteiger partial charge in [0, 0.05) is 17.1 Å². The number of aliphatic hydroxyl groups excluding tert-OH is 1. The van der Waals surface area contributed by atoms with Crippen LogP contribution in [0.2, 0.25) is 5.02 Å². The van der Waals surface area contributed by atoms with Crippen molar-refractivity contribution in [2.24, 2.45) is 0 Å². The van der Waals surface area contributed by atoms with Crippen LogP contribution < -0.4 is 10.6 Å². The van der Waals surface area contributed by atoms with Gasteiger partial charge in [0.05, 0.1) is 18.0 Å². The standard InChI is InChI=1S/C15H16ClN3O2/c1-10(20)8-17-14-6-5-13(9-18-14)19-15(21)11-3-2-4-12(16)7-11/h2-7,9-10,20H,8H2,1H3,(H,17,18)(H,19,21). The zero-order valence-corrected chi connectivity index (χ0v) is 12.3. The summed E-state index contributed by atoms with van der Waals surface area (Å²) in [4.78, 5) is 16.2. The normalized spacial score (nSPS) is 11.8. The first-order chi connectivity index (χ1) is 10.0. The van der Waals surface area contributed by atoms with E-state index >= 15 is 0 Å². The molecule has 0 saturated carbocycles. The fraction of sp³-hybridized carbons (Fsp3) is 0.200. The molecular weight excluding hydrogens is 290 g/mol. The summed E-state index contributed by atoms with van der Waals surface area (Å²) in [6.45, 7) is 2.10. The Kier molecular flexibility index (Phi) is 5.14. The van der Waals surface area contributed by atoms with Gasteiger partial charge in [0.1, 0.15) is 5.82 Å². The first kappa shape index (κ1) is 15.3. The third-order valence-electron chi connectivity index (χ3n) is 2.69. The van der Waals surface area contributed by atoms with Gasteiger partial charge in [0.25, 0.3) is 5.91 Å². The van der Waals surface area contributed by atoms with Crippen molar-refractivity contribution in [2.45, 2.75) is 13.0 Å². The minimum Gasteiger partial charge on any atom is -0.392 e. The molecule has 1 aromatic carbocycles. The number of aromatic nitrogens is 1. The first-order valence-corrected chi connectivity index (χ1v) is 6.87. The van der Waals surface area contributed by atoms with Crippen molar-refractivity contribution >= 4 is 29.0 Å². The summed E-state index contributed by atoms with van der Waals surface area (Å²) in [5.41, 5.74) is 1.07. The Morgan fingerprint density at radius 1 is 1.38 bits per heavy atom. The van der Waals surface area contributed by atoms with E-state index in [0.717, 1.165) is 0 Å². The number of nitrogens with one attached hydrogen (secondary N) is 2. The average Bonchev–Trinajstić information content (AvgIpc) is 2.46. The molecule has 21 heavy (non-hydrogen) atoms. The second kappa shape index (κ2) is 7.06. The van der Waals surface area contributed by atoms with E-state index in [1.54, 1.807) is 49.5 Å². The van der Waals surface area contributed by atoms with Crippen LogP contribution in [0.4, 0.5) is 11.5 Å². The highest BCUT2D eigenvalue weighted by Crippen LogP contribution is 2.14. The molecule has 0 bridgehead atoms. The van der Waals surface area contributed by atoms with Gasteiger partial charge in [-0.3, -0.25) is 4.79 Å². The molecule has 2 rings (SSSR count). The molecule has 0 saturated heterocycles. The molecule has 0 aliphatic heterocycles. The highest BCUT2D eigenvalue weighted by Gasteiger charge is 2.06. The molecule has 1 unspecified atom stereocenters. The van der Waals surface area contributed by atoms with Gasteiger partial charge in [0.15, 0.2) is 0 Å². The number of carbonyl (C=O) groups is 1. The average molecular weight is 306 g/mol. The maximum atomic E-state index is 12.0. The molecular formula is C15H16ClN3O2. The quantitative estimate of drug-likeness (QED) is 0.794. The minimum atomic E-state index is -0.450. The van der Waals surface area contributed by atoms with Crippen molar-refractivity contribution in [2.75, 3.05) is 17.2 Å². The Hall–Kier alpha value is -2.11. The van der Waals surface area contributed by atoms with Crippen molar-refractivity contribution in [3.05, 3.63) is 53.2 Å². The number of carbonyl (C=O) groups excluding carboxylic acids is 1. The number of hydrogen-bond acceptors (Lipinski definition) is 4. The van der Waals surface area contributed by atoms with Crippen LogP contribution in [-0.4, -0.2) is 28.6 Å². The van der Waals surface area contributed by atoms with Gasteiger partial charge in [-0.05, 0) is 37.3 Å². The van der Waals surface area contributed by atoms with E-state index in [0.29, 0.717) is 28.6 Å². The molecule has 5 nitrogen and oxygen atoms in total. The molecule has 0 aliphatic rings. The van der Waals surface area contributed by atoms with Crippen LogP contribution in [0.3, 0.4) is 0 Å². The van der Waals surface area contributed by atoms with Crippen LogP contribution in [0.5, 0.6) is 0 Å². The van der Waals surface area contributed by atoms with Crippen molar-refractivity contribution in [1.82, 2.24) is 4.98 Å². The Balaban J connectivity index is 1.98. The Bertz CT molecular complexity index is 615. The van der Waals surface area contributed by atoms with Gasteiger partial charge in [-0.15, -0.1) is 0 Å². The molecule has 0 aliphatic carbocycles.